The highest BCUT2D eigenvalue weighted by Gasteiger charge is 2.36. The van der Waals surface area contributed by atoms with E-state index in [1.54, 1.807) is 0 Å². The summed E-state index contributed by atoms with van der Waals surface area (Å²) in [5.41, 5.74) is 0. The Morgan fingerprint density at radius 1 is 1.30 bits per heavy atom. The first kappa shape index (κ1) is 17.0. The third kappa shape index (κ3) is 4.22. The van der Waals surface area contributed by atoms with Gasteiger partial charge in [-0.25, -0.2) is 4.79 Å². The highest BCUT2D eigenvalue weighted by molar-refractivity contribution is 5.85. The van der Waals surface area contributed by atoms with Gasteiger partial charge in [0.25, 0.3) is 0 Å². The second kappa shape index (κ2) is 7.65. The normalized spacial score (nSPS) is 28.0. The average Bonchev–Trinajstić information content (AvgIpc) is 2.43. The number of methoxy groups -OCH3 is 1. The lowest BCUT2D eigenvalue weighted by Crippen LogP contribution is -2.47. The van der Waals surface area contributed by atoms with E-state index >= 15 is 0 Å². The van der Waals surface area contributed by atoms with Crippen molar-refractivity contribution in [1.29, 1.82) is 0 Å². The number of esters is 1. The summed E-state index contributed by atoms with van der Waals surface area (Å²) >= 11 is 0. The fraction of sp³-hybridized carbons (Fsp3) is 0.875. The van der Waals surface area contributed by atoms with Crippen LogP contribution in [0.25, 0.3) is 0 Å². The van der Waals surface area contributed by atoms with E-state index in [9.17, 15) is 9.59 Å². The van der Waals surface area contributed by atoms with E-state index in [4.69, 9.17) is 4.74 Å². The van der Waals surface area contributed by atoms with Gasteiger partial charge in [0.15, 0.2) is 0 Å². The molecule has 0 spiro atoms. The van der Waals surface area contributed by atoms with Gasteiger partial charge in [-0.05, 0) is 37.0 Å². The number of nitrogens with one attached hydrogen (secondary N) is 1. The number of rotatable bonds is 5. The monoisotopic (exact) mass is 283 g/mol. The van der Waals surface area contributed by atoms with Gasteiger partial charge in [0, 0.05) is 5.92 Å². The second-order valence-electron chi connectivity index (χ2n) is 6.43. The zero-order valence-electron chi connectivity index (χ0n) is 13.4. The summed E-state index contributed by atoms with van der Waals surface area (Å²) in [4.78, 5) is 24.1. The van der Waals surface area contributed by atoms with E-state index in [0.29, 0.717) is 24.2 Å². The second-order valence-corrected chi connectivity index (χ2v) is 6.43. The minimum atomic E-state index is -0.516. The van der Waals surface area contributed by atoms with Crippen molar-refractivity contribution in [3.8, 4) is 0 Å². The third-order valence-corrected chi connectivity index (χ3v) is 4.57. The van der Waals surface area contributed by atoms with Crippen molar-refractivity contribution in [2.24, 2.45) is 23.7 Å². The number of ether oxygens (including phenoxy) is 1. The van der Waals surface area contributed by atoms with Gasteiger partial charge in [-0.15, -0.1) is 0 Å². The molecule has 0 unspecified atom stereocenters. The lowest BCUT2D eigenvalue weighted by Gasteiger charge is -2.36. The SMILES string of the molecule is CC[C@@H](NC(=O)[C@@H]1C[C@H](C)CC[C@H]1C(C)C)C(=O)OC. The van der Waals surface area contributed by atoms with E-state index in [1.807, 2.05) is 6.92 Å². The van der Waals surface area contributed by atoms with Gasteiger partial charge >= 0.3 is 5.97 Å². The highest BCUT2D eigenvalue weighted by Crippen LogP contribution is 2.38. The van der Waals surface area contributed by atoms with Crippen molar-refractivity contribution < 1.29 is 14.3 Å². The van der Waals surface area contributed by atoms with Crippen LogP contribution >= 0.6 is 0 Å². The fourth-order valence-corrected chi connectivity index (χ4v) is 3.25. The minimum Gasteiger partial charge on any atom is -0.467 e. The third-order valence-electron chi connectivity index (χ3n) is 4.57. The Kier molecular flexibility index (Phi) is 6.50. The Labute approximate surface area is 122 Å². The van der Waals surface area contributed by atoms with Gasteiger partial charge in [-0.2, -0.15) is 0 Å². The maximum Gasteiger partial charge on any atom is 0.328 e. The molecule has 116 valence electrons. The largest absolute Gasteiger partial charge is 0.467 e. The molecule has 1 amide bonds. The van der Waals surface area contributed by atoms with Gasteiger partial charge in [-0.3, -0.25) is 4.79 Å². The van der Waals surface area contributed by atoms with Crippen LogP contribution in [-0.2, 0) is 14.3 Å². The number of hydrogen-bond acceptors (Lipinski definition) is 3. The molecule has 0 bridgehead atoms. The summed E-state index contributed by atoms with van der Waals surface area (Å²) in [6.45, 7) is 8.44. The summed E-state index contributed by atoms with van der Waals surface area (Å²) in [5, 5.41) is 2.88. The predicted molar refractivity (Wildman–Crippen MR) is 79.1 cm³/mol. The van der Waals surface area contributed by atoms with Crippen molar-refractivity contribution in [2.45, 2.75) is 59.4 Å². The van der Waals surface area contributed by atoms with E-state index < -0.39 is 6.04 Å². The zero-order valence-corrected chi connectivity index (χ0v) is 13.4. The molecule has 1 saturated carbocycles. The van der Waals surface area contributed by atoms with Crippen LogP contribution in [0.3, 0.4) is 0 Å². The Bertz CT molecular complexity index is 341. The van der Waals surface area contributed by atoms with Crippen molar-refractivity contribution in [1.82, 2.24) is 5.32 Å². The molecule has 0 aromatic carbocycles. The van der Waals surface area contributed by atoms with E-state index in [2.05, 4.69) is 26.1 Å². The van der Waals surface area contributed by atoms with Crippen molar-refractivity contribution in [3.05, 3.63) is 0 Å². The maximum atomic E-state index is 12.5. The number of carbonyl (C=O) groups excluding carboxylic acids is 2. The van der Waals surface area contributed by atoms with Crippen LogP contribution < -0.4 is 5.32 Å². The molecule has 0 aromatic rings. The van der Waals surface area contributed by atoms with Crippen LogP contribution in [0, 0.1) is 23.7 Å². The highest BCUT2D eigenvalue weighted by atomic mass is 16.5. The topological polar surface area (TPSA) is 55.4 Å². The minimum absolute atomic E-state index is 0.0208. The van der Waals surface area contributed by atoms with Gasteiger partial charge in [0.1, 0.15) is 6.04 Å². The molecule has 1 aliphatic carbocycles. The molecule has 0 aromatic heterocycles. The Morgan fingerprint density at radius 3 is 2.45 bits per heavy atom. The first-order valence-corrected chi connectivity index (χ1v) is 7.78. The molecule has 0 aliphatic heterocycles. The molecule has 4 heteroatoms. The van der Waals surface area contributed by atoms with Gasteiger partial charge < -0.3 is 10.1 Å². The smallest absolute Gasteiger partial charge is 0.328 e. The van der Waals surface area contributed by atoms with Crippen LogP contribution in [0.4, 0.5) is 0 Å². The standard InChI is InChI=1S/C16H29NO3/c1-6-14(16(19)20-5)17-15(18)13-9-11(4)7-8-12(13)10(2)3/h10-14H,6-9H2,1-5H3,(H,17,18)/t11-,12+,13-,14-/m1/s1. The molecule has 20 heavy (non-hydrogen) atoms. The van der Waals surface area contributed by atoms with Crippen LogP contribution in [-0.4, -0.2) is 25.0 Å². The Morgan fingerprint density at radius 2 is 1.95 bits per heavy atom. The summed E-state index contributed by atoms with van der Waals surface area (Å²) in [6.07, 6.45) is 3.78. The lowest BCUT2D eigenvalue weighted by molar-refractivity contribution is -0.146. The van der Waals surface area contributed by atoms with E-state index in [1.165, 1.54) is 13.5 Å². The van der Waals surface area contributed by atoms with Crippen LogP contribution in [0.5, 0.6) is 0 Å². The fourth-order valence-electron chi connectivity index (χ4n) is 3.25. The van der Waals surface area contributed by atoms with Gasteiger partial charge in [-0.1, -0.05) is 34.1 Å². The van der Waals surface area contributed by atoms with Crippen molar-refractivity contribution in [3.63, 3.8) is 0 Å². The van der Waals surface area contributed by atoms with Crippen LogP contribution in [0.15, 0.2) is 0 Å². The summed E-state index contributed by atoms with van der Waals surface area (Å²) in [6, 6.07) is -0.516. The summed E-state index contributed by atoms with van der Waals surface area (Å²) in [5.74, 6) is 1.19. The molecule has 4 nitrogen and oxygen atoms in total. The molecular formula is C16H29NO3. The first-order chi connectivity index (χ1) is 9.40. The average molecular weight is 283 g/mol. The Balaban J connectivity index is 2.73. The first-order valence-electron chi connectivity index (χ1n) is 7.78. The van der Waals surface area contributed by atoms with Gasteiger partial charge in [0.05, 0.1) is 7.11 Å². The number of hydrogen-bond donors (Lipinski definition) is 1. The predicted octanol–water partition coefficient (Wildman–Crippen LogP) is 2.76. The molecule has 0 radical (unpaired) electrons. The lowest BCUT2D eigenvalue weighted by atomic mass is 9.69. The number of carbonyl (C=O) groups is 2. The van der Waals surface area contributed by atoms with Crippen molar-refractivity contribution >= 4 is 11.9 Å². The van der Waals surface area contributed by atoms with Crippen LogP contribution in [0.1, 0.15) is 53.4 Å². The Hall–Kier alpha value is -1.06. The molecule has 0 saturated heterocycles. The molecule has 4 atom stereocenters. The molecular weight excluding hydrogens is 254 g/mol. The maximum absolute atomic E-state index is 12.5. The quantitative estimate of drug-likeness (QED) is 0.789. The summed E-state index contributed by atoms with van der Waals surface area (Å²) in [7, 11) is 1.36. The number of amides is 1. The van der Waals surface area contributed by atoms with Crippen LogP contribution in [0.2, 0.25) is 0 Å². The van der Waals surface area contributed by atoms with Gasteiger partial charge in [0.2, 0.25) is 5.91 Å². The molecule has 1 N–H and O–H groups in total. The van der Waals surface area contributed by atoms with E-state index in [-0.39, 0.29) is 17.8 Å². The zero-order chi connectivity index (χ0) is 15.3. The molecule has 0 heterocycles. The van der Waals surface area contributed by atoms with Crippen molar-refractivity contribution in [2.75, 3.05) is 7.11 Å². The molecule has 1 aliphatic rings. The molecule has 1 fully saturated rings. The van der Waals surface area contributed by atoms with E-state index in [0.717, 1.165) is 12.8 Å². The molecule has 1 rings (SSSR count). The summed E-state index contributed by atoms with van der Waals surface area (Å²) < 4.78 is 4.73.